The molecule has 0 saturated heterocycles. The fraction of sp³-hybridized carbons (Fsp3) is 0.588. The molecule has 2 atom stereocenters. The molecule has 1 fully saturated rings. The van der Waals surface area contributed by atoms with E-state index >= 15 is 0 Å². The summed E-state index contributed by atoms with van der Waals surface area (Å²) in [5.41, 5.74) is 7.13. The normalized spacial score (nSPS) is 31.5. The van der Waals surface area contributed by atoms with Gasteiger partial charge >= 0.3 is 0 Å². The first-order chi connectivity index (χ1) is 9.81. The lowest BCUT2D eigenvalue weighted by molar-refractivity contribution is 0.119. The smallest absolute Gasteiger partial charge is 0.196 e. The number of halogens is 1. The Hall–Kier alpha value is -1.58. The molecule has 1 saturated carbocycles. The quantitative estimate of drug-likeness (QED) is 0.859. The minimum absolute atomic E-state index is 0.0982. The summed E-state index contributed by atoms with van der Waals surface area (Å²) in [6, 6.07) is 6.68. The van der Waals surface area contributed by atoms with E-state index < -0.39 is 0 Å². The van der Waals surface area contributed by atoms with Crippen molar-refractivity contribution in [2.45, 2.75) is 45.6 Å². The highest BCUT2D eigenvalue weighted by atomic mass is 19.1. The Kier molecular flexibility index (Phi) is 3.23. The molecule has 2 unspecified atom stereocenters. The molecule has 0 bridgehead atoms. The molecule has 1 heterocycles. The van der Waals surface area contributed by atoms with Crippen molar-refractivity contribution < 1.29 is 4.39 Å². The number of benzene rings is 1. The van der Waals surface area contributed by atoms with Gasteiger partial charge < -0.3 is 10.6 Å². The van der Waals surface area contributed by atoms with Crippen molar-refractivity contribution >= 4 is 11.6 Å². The molecule has 3 rings (SSSR count). The van der Waals surface area contributed by atoms with E-state index in [-0.39, 0.29) is 16.8 Å². The van der Waals surface area contributed by atoms with Gasteiger partial charge in [0.1, 0.15) is 5.82 Å². The number of hydrogen-bond donors (Lipinski definition) is 1. The standard InChI is InChI=1S/C17H24FN3/c1-12-8-16(2,3)10-17(9-12)11-20-15(19)21(17)14-6-4-5-13(18)7-14/h4-7,12H,8-11H2,1-3H3,(H2,19,20). The Bertz CT molecular complexity index is 581. The highest BCUT2D eigenvalue weighted by Gasteiger charge is 2.50. The topological polar surface area (TPSA) is 41.6 Å². The van der Waals surface area contributed by atoms with Crippen LogP contribution in [0, 0.1) is 17.2 Å². The van der Waals surface area contributed by atoms with Crippen molar-refractivity contribution in [3.05, 3.63) is 30.1 Å². The predicted molar refractivity (Wildman–Crippen MR) is 84.9 cm³/mol. The average molecular weight is 289 g/mol. The highest BCUT2D eigenvalue weighted by Crippen LogP contribution is 2.49. The molecular formula is C17H24FN3. The number of rotatable bonds is 1. The molecule has 0 amide bonds. The summed E-state index contributed by atoms with van der Waals surface area (Å²) < 4.78 is 13.6. The van der Waals surface area contributed by atoms with Gasteiger partial charge in [-0.2, -0.15) is 0 Å². The molecule has 21 heavy (non-hydrogen) atoms. The number of anilines is 1. The first-order valence-corrected chi connectivity index (χ1v) is 7.67. The van der Waals surface area contributed by atoms with Gasteiger partial charge in [-0.3, -0.25) is 4.99 Å². The summed E-state index contributed by atoms with van der Waals surface area (Å²) in [5.74, 6) is 0.905. The van der Waals surface area contributed by atoms with Gasteiger partial charge in [-0.25, -0.2) is 4.39 Å². The van der Waals surface area contributed by atoms with Crippen molar-refractivity contribution in [3.63, 3.8) is 0 Å². The second kappa shape index (κ2) is 4.72. The molecule has 1 spiro atoms. The van der Waals surface area contributed by atoms with Crippen molar-refractivity contribution in [2.75, 3.05) is 11.4 Å². The monoisotopic (exact) mass is 289 g/mol. The zero-order valence-corrected chi connectivity index (χ0v) is 13.1. The lowest BCUT2D eigenvalue weighted by Gasteiger charge is -2.50. The molecule has 114 valence electrons. The van der Waals surface area contributed by atoms with Gasteiger partial charge in [-0.05, 0) is 48.8 Å². The zero-order valence-electron chi connectivity index (χ0n) is 13.1. The molecule has 1 aromatic rings. The Labute approximate surface area is 126 Å². The summed E-state index contributed by atoms with van der Waals surface area (Å²) >= 11 is 0. The fourth-order valence-electron chi connectivity index (χ4n) is 4.62. The van der Waals surface area contributed by atoms with Crippen LogP contribution in [0.3, 0.4) is 0 Å². The molecule has 4 heteroatoms. The minimum Gasteiger partial charge on any atom is -0.369 e. The second-order valence-corrected chi connectivity index (χ2v) is 7.57. The van der Waals surface area contributed by atoms with Gasteiger partial charge in [-0.1, -0.05) is 26.8 Å². The van der Waals surface area contributed by atoms with Gasteiger partial charge in [0.25, 0.3) is 0 Å². The third-order valence-electron chi connectivity index (χ3n) is 4.74. The minimum atomic E-state index is -0.231. The van der Waals surface area contributed by atoms with E-state index in [0.29, 0.717) is 18.4 Å². The van der Waals surface area contributed by atoms with Crippen LogP contribution in [0.15, 0.2) is 29.3 Å². The Morgan fingerprint density at radius 3 is 2.76 bits per heavy atom. The number of guanidine groups is 1. The zero-order chi connectivity index (χ0) is 15.3. The molecule has 1 aromatic carbocycles. The van der Waals surface area contributed by atoms with Crippen molar-refractivity contribution in [1.29, 1.82) is 0 Å². The number of nitrogens with two attached hydrogens (primary N) is 1. The van der Waals surface area contributed by atoms with Crippen LogP contribution in [0.25, 0.3) is 0 Å². The number of aliphatic imine (C=N–C) groups is 1. The number of hydrogen-bond acceptors (Lipinski definition) is 3. The van der Waals surface area contributed by atoms with Crippen LogP contribution < -0.4 is 10.6 Å². The number of nitrogens with zero attached hydrogens (tertiary/aromatic N) is 2. The third kappa shape index (κ3) is 2.52. The van der Waals surface area contributed by atoms with Crippen LogP contribution in [0.1, 0.15) is 40.0 Å². The van der Waals surface area contributed by atoms with Crippen molar-refractivity contribution in [1.82, 2.24) is 0 Å². The third-order valence-corrected chi connectivity index (χ3v) is 4.74. The molecule has 2 aliphatic rings. The van der Waals surface area contributed by atoms with Gasteiger partial charge in [-0.15, -0.1) is 0 Å². The van der Waals surface area contributed by atoms with Crippen LogP contribution in [0.2, 0.25) is 0 Å². The van der Waals surface area contributed by atoms with Crippen LogP contribution in [-0.4, -0.2) is 18.0 Å². The Morgan fingerprint density at radius 1 is 1.33 bits per heavy atom. The van der Waals surface area contributed by atoms with E-state index in [1.807, 2.05) is 6.07 Å². The molecule has 1 aliphatic heterocycles. The van der Waals surface area contributed by atoms with Gasteiger partial charge in [0.15, 0.2) is 5.96 Å². The maximum atomic E-state index is 13.6. The molecule has 0 aromatic heterocycles. The van der Waals surface area contributed by atoms with E-state index in [4.69, 9.17) is 5.73 Å². The molecular weight excluding hydrogens is 265 g/mol. The first-order valence-electron chi connectivity index (χ1n) is 7.67. The lowest BCUT2D eigenvalue weighted by Crippen LogP contribution is -2.57. The van der Waals surface area contributed by atoms with E-state index in [2.05, 4.69) is 30.7 Å². The van der Waals surface area contributed by atoms with Crippen molar-refractivity contribution in [3.8, 4) is 0 Å². The van der Waals surface area contributed by atoms with E-state index in [9.17, 15) is 4.39 Å². The molecule has 2 N–H and O–H groups in total. The van der Waals surface area contributed by atoms with Crippen LogP contribution in [-0.2, 0) is 0 Å². The first kappa shape index (κ1) is 14.4. The van der Waals surface area contributed by atoms with E-state index in [1.54, 1.807) is 12.1 Å². The predicted octanol–water partition coefficient (Wildman–Crippen LogP) is 3.55. The maximum Gasteiger partial charge on any atom is 0.196 e. The molecule has 0 radical (unpaired) electrons. The van der Waals surface area contributed by atoms with E-state index in [0.717, 1.165) is 18.5 Å². The van der Waals surface area contributed by atoms with Crippen LogP contribution in [0.5, 0.6) is 0 Å². The Morgan fingerprint density at radius 2 is 2.10 bits per heavy atom. The van der Waals surface area contributed by atoms with Gasteiger partial charge in [0.05, 0.1) is 12.1 Å². The van der Waals surface area contributed by atoms with Crippen molar-refractivity contribution in [2.24, 2.45) is 22.1 Å². The SMILES string of the molecule is CC1CC(C)(C)CC2(CN=C(N)N2c2cccc(F)c2)C1. The fourth-order valence-corrected chi connectivity index (χ4v) is 4.62. The summed E-state index contributed by atoms with van der Waals surface area (Å²) in [6.07, 6.45) is 3.30. The summed E-state index contributed by atoms with van der Waals surface area (Å²) in [5, 5.41) is 0. The van der Waals surface area contributed by atoms with Crippen LogP contribution in [0.4, 0.5) is 10.1 Å². The molecule has 1 aliphatic carbocycles. The molecule has 3 nitrogen and oxygen atoms in total. The lowest BCUT2D eigenvalue weighted by atomic mass is 9.64. The summed E-state index contributed by atoms with van der Waals surface area (Å²) in [4.78, 5) is 6.58. The summed E-state index contributed by atoms with van der Waals surface area (Å²) in [7, 11) is 0. The maximum absolute atomic E-state index is 13.6. The average Bonchev–Trinajstić information content (AvgIpc) is 2.62. The van der Waals surface area contributed by atoms with E-state index in [1.165, 1.54) is 12.5 Å². The van der Waals surface area contributed by atoms with Gasteiger partial charge in [0.2, 0.25) is 0 Å². The van der Waals surface area contributed by atoms with Gasteiger partial charge in [0, 0.05) is 5.69 Å². The summed E-state index contributed by atoms with van der Waals surface area (Å²) in [6.45, 7) is 7.62. The van der Waals surface area contributed by atoms with Crippen LogP contribution >= 0.6 is 0 Å². The Balaban J connectivity index is 2.02. The highest BCUT2D eigenvalue weighted by molar-refractivity contribution is 5.98. The largest absolute Gasteiger partial charge is 0.369 e. The second-order valence-electron chi connectivity index (χ2n) is 7.57.